The molecule has 8 heteroatoms. The van der Waals surface area contributed by atoms with Crippen LogP contribution in [-0.2, 0) is 24.2 Å². The Morgan fingerprint density at radius 3 is 2.57 bits per heavy atom. The minimum atomic E-state index is -0.00715. The van der Waals surface area contributed by atoms with Gasteiger partial charge in [0, 0.05) is 30.8 Å². The van der Waals surface area contributed by atoms with Crippen molar-refractivity contribution in [1.82, 2.24) is 10.2 Å². The summed E-state index contributed by atoms with van der Waals surface area (Å²) in [7, 11) is 1.70. The van der Waals surface area contributed by atoms with Crippen molar-refractivity contribution in [3.05, 3.63) is 53.1 Å². The fourth-order valence-corrected chi connectivity index (χ4v) is 4.64. The Kier molecular flexibility index (Phi) is 15.1. The molecule has 35 heavy (non-hydrogen) atoms. The van der Waals surface area contributed by atoms with Crippen molar-refractivity contribution in [2.75, 3.05) is 39.9 Å². The summed E-state index contributed by atoms with van der Waals surface area (Å²) < 4.78 is 11.2. The molecule has 0 radical (unpaired) electrons. The molecular weight excluding hydrogens is 487 g/mol. The standard InChI is InChI=1S/C27H40N2O4.2ClH/c1-3-4-16-29(23-11-12-24-21(19-23)10-13-25(30)27(24)31)17-7-14-28-15-18-33-26-9-6-5-8-22(26)20-32-2;;/h5-6,8-10,13,23,28,30-31H,3-4,7,11-12,14-20H2,1-2H3;2*1H/t23-;;/m0../s1. The molecule has 0 aromatic heterocycles. The molecule has 0 heterocycles. The Balaban J connectivity index is 0.00000306. The van der Waals surface area contributed by atoms with Crippen LogP contribution in [0, 0.1) is 0 Å². The van der Waals surface area contributed by atoms with Crippen LogP contribution in [0.1, 0.15) is 49.3 Å². The summed E-state index contributed by atoms with van der Waals surface area (Å²) in [6.45, 7) is 7.38. The van der Waals surface area contributed by atoms with Crippen molar-refractivity contribution in [3.8, 4) is 17.2 Å². The van der Waals surface area contributed by atoms with Crippen LogP contribution in [0.25, 0.3) is 0 Å². The third-order valence-corrected chi connectivity index (χ3v) is 6.46. The summed E-state index contributed by atoms with van der Waals surface area (Å²) in [6.07, 6.45) is 6.27. The number of benzene rings is 2. The molecule has 3 rings (SSSR count). The summed E-state index contributed by atoms with van der Waals surface area (Å²) in [5, 5.41) is 23.5. The van der Waals surface area contributed by atoms with Gasteiger partial charge in [0.05, 0.1) is 6.61 Å². The van der Waals surface area contributed by atoms with Crippen LogP contribution in [0.4, 0.5) is 0 Å². The average Bonchev–Trinajstić information content (AvgIpc) is 2.83. The fourth-order valence-electron chi connectivity index (χ4n) is 4.64. The molecule has 2 aromatic carbocycles. The number of aromatic hydroxyl groups is 2. The van der Waals surface area contributed by atoms with Crippen molar-refractivity contribution in [3.63, 3.8) is 0 Å². The summed E-state index contributed by atoms with van der Waals surface area (Å²) in [4.78, 5) is 2.62. The summed E-state index contributed by atoms with van der Waals surface area (Å²) in [6, 6.07) is 12.1. The lowest BCUT2D eigenvalue weighted by molar-refractivity contribution is 0.173. The highest BCUT2D eigenvalue weighted by Gasteiger charge is 2.26. The lowest BCUT2D eigenvalue weighted by atomic mass is 9.86. The minimum absolute atomic E-state index is 0. The SMILES string of the molecule is CCCCN(CCCNCCOc1ccccc1COC)[C@H]1CCc2c(ccc(O)c2O)C1.Cl.Cl. The van der Waals surface area contributed by atoms with Gasteiger partial charge < -0.3 is 25.0 Å². The molecule has 0 bridgehead atoms. The molecular formula is C27H42Cl2N2O4. The zero-order chi connectivity index (χ0) is 23.5. The zero-order valence-corrected chi connectivity index (χ0v) is 22.6. The number of nitrogens with one attached hydrogen (secondary N) is 1. The predicted octanol–water partition coefficient (Wildman–Crippen LogP) is 5.11. The number of fused-ring (bicyclic) bond motifs is 1. The van der Waals surface area contributed by atoms with Crippen LogP contribution in [0.3, 0.4) is 0 Å². The van der Waals surface area contributed by atoms with Gasteiger partial charge in [-0.3, -0.25) is 4.90 Å². The van der Waals surface area contributed by atoms with Crippen molar-refractivity contribution in [2.45, 2.75) is 58.1 Å². The number of ether oxygens (including phenoxy) is 2. The van der Waals surface area contributed by atoms with Gasteiger partial charge in [-0.1, -0.05) is 37.6 Å². The van der Waals surface area contributed by atoms with Crippen molar-refractivity contribution in [1.29, 1.82) is 0 Å². The fraction of sp³-hybridized carbons (Fsp3) is 0.556. The van der Waals surface area contributed by atoms with Crippen molar-refractivity contribution >= 4 is 24.8 Å². The molecule has 0 spiro atoms. The van der Waals surface area contributed by atoms with Crippen molar-refractivity contribution < 1.29 is 19.7 Å². The summed E-state index contributed by atoms with van der Waals surface area (Å²) in [5.41, 5.74) is 3.17. The van der Waals surface area contributed by atoms with E-state index in [1.54, 1.807) is 13.2 Å². The van der Waals surface area contributed by atoms with E-state index in [4.69, 9.17) is 9.47 Å². The number of para-hydroxylation sites is 1. The van der Waals surface area contributed by atoms with Gasteiger partial charge in [0.25, 0.3) is 0 Å². The van der Waals surface area contributed by atoms with E-state index in [-0.39, 0.29) is 36.3 Å². The van der Waals surface area contributed by atoms with Crippen LogP contribution < -0.4 is 10.1 Å². The van der Waals surface area contributed by atoms with Gasteiger partial charge in [0.15, 0.2) is 11.5 Å². The number of halogens is 2. The average molecular weight is 530 g/mol. The van der Waals surface area contributed by atoms with Crippen LogP contribution >= 0.6 is 24.8 Å². The molecule has 0 fully saturated rings. The van der Waals surface area contributed by atoms with Gasteiger partial charge >= 0.3 is 0 Å². The zero-order valence-electron chi connectivity index (χ0n) is 21.0. The van der Waals surface area contributed by atoms with Crippen LogP contribution in [0.2, 0.25) is 0 Å². The molecule has 1 aliphatic carbocycles. The first-order chi connectivity index (χ1) is 16.1. The van der Waals surface area contributed by atoms with E-state index in [1.165, 1.54) is 18.4 Å². The Morgan fingerprint density at radius 2 is 1.80 bits per heavy atom. The Morgan fingerprint density at radius 1 is 1.03 bits per heavy atom. The second-order valence-electron chi connectivity index (χ2n) is 8.85. The number of phenols is 2. The second kappa shape index (κ2) is 16.9. The summed E-state index contributed by atoms with van der Waals surface area (Å²) in [5.74, 6) is 0.957. The highest BCUT2D eigenvalue weighted by atomic mass is 35.5. The molecule has 6 nitrogen and oxygen atoms in total. The van der Waals surface area contributed by atoms with E-state index in [0.29, 0.717) is 19.3 Å². The third-order valence-electron chi connectivity index (χ3n) is 6.46. The molecule has 1 aliphatic rings. The first-order valence-corrected chi connectivity index (χ1v) is 12.3. The molecule has 2 aromatic rings. The highest BCUT2D eigenvalue weighted by molar-refractivity contribution is 5.85. The molecule has 0 saturated heterocycles. The maximum Gasteiger partial charge on any atom is 0.160 e. The Hall–Kier alpha value is -1.70. The van der Waals surface area contributed by atoms with E-state index >= 15 is 0 Å². The molecule has 0 amide bonds. The van der Waals surface area contributed by atoms with E-state index in [0.717, 1.165) is 68.7 Å². The molecule has 198 valence electrons. The van der Waals surface area contributed by atoms with Crippen LogP contribution in [0.15, 0.2) is 36.4 Å². The van der Waals surface area contributed by atoms with Crippen LogP contribution in [0.5, 0.6) is 17.2 Å². The monoisotopic (exact) mass is 528 g/mol. The number of phenolic OH excluding ortho intramolecular Hbond substituents is 2. The van der Waals surface area contributed by atoms with Gasteiger partial charge in [0.2, 0.25) is 0 Å². The van der Waals surface area contributed by atoms with E-state index in [2.05, 4.69) is 17.1 Å². The van der Waals surface area contributed by atoms with Gasteiger partial charge in [-0.15, -0.1) is 24.8 Å². The first-order valence-electron chi connectivity index (χ1n) is 12.3. The summed E-state index contributed by atoms with van der Waals surface area (Å²) >= 11 is 0. The van der Waals surface area contributed by atoms with E-state index < -0.39 is 0 Å². The lowest BCUT2D eigenvalue weighted by Crippen LogP contribution is -2.41. The Labute approximate surface area is 222 Å². The van der Waals surface area contributed by atoms with Gasteiger partial charge in [-0.2, -0.15) is 0 Å². The predicted molar refractivity (Wildman–Crippen MR) is 147 cm³/mol. The van der Waals surface area contributed by atoms with Crippen molar-refractivity contribution in [2.24, 2.45) is 0 Å². The number of methoxy groups -OCH3 is 1. The first kappa shape index (κ1) is 31.3. The minimum Gasteiger partial charge on any atom is -0.504 e. The molecule has 0 aliphatic heterocycles. The lowest BCUT2D eigenvalue weighted by Gasteiger charge is -2.35. The number of hydrogen-bond donors (Lipinski definition) is 3. The Bertz CT molecular complexity index is 869. The van der Waals surface area contributed by atoms with Gasteiger partial charge in [0.1, 0.15) is 12.4 Å². The van der Waals surface area contributed by atoms with Gasteiger partial charge in [-0.25, -0.2) is 0 Å². The molecule has 3 N–H and O–H groups in total. The molecule has 1 atom stereocenters. The van der Waals surface area contributed by atoms with E-state index in [1.807, 2.05) is 30.3 Å². The quantitative estimate of drug-likeness (QED) is 0.234. The number of hydrogen-bond acceptors (Lipinski definition) is 6. The van der Waals surface area contributed by atoms with E-state index in [9.17, 15) is 10.2 Å². The topological polar surface area (TPSA) is 74.2 Å². The normalized spacial score (nSPS) is 14.7. The number of unbranched alkanes of at least 4 members (excludes halogenated alkanes) is 1. The maximum atomic E-state index is 10.2. The largest absolute Gasteiger partial charge is 0.504 e. The highest BCUT2D eigenvalue weighted by Crippen LogP contribution is 2.36. The molecule has 0 unspecified atom stereocenters. The van der Waals surface area contributed by atoms with Crippen LogP contribution in [-0.4, -0.2) is 61.1 Å². The molecule has 0 saturated carbocycles. The number of rotatable bonds is 14. The number of nitrogens with zero attached hydrogens (tertiary/aromatic N) is 1. The van der Waals surface area contributed by atoms with Gasteiger partial charge in [-0.05, 0) is 69.4 Å². The maximum absolute atomic E-state index is 10.2. The third kappa shape index (κ3) is 9.36. The second-order valence-corrected chi connectivity index (χ2v) is 8.85. The smallest absolute Gasteiger partial charge is 0.160 e.